The number of ketones is 2. The lowest BCUT2D eigenvalue weighted by atomic mass is 9.97. The fourth-order valence-electron chi connectivity index (χ4n) is 3.64. The molecular formula is C31H46N2O3S. The number of benzene rings is 1. The number of hydrogen-bond donors (Lipinski definition) is 0. The van der Waals surface area contributed by atoms with Gasteiger partial charge >= 0.3 is 0 Å². The van der Waals surface area contributed by atoms with Crippen LogP contribution in [0.1, 0.15) is 104 Å². The standard InChI is InChI=1S/C18H20N2O2S.C11H16O.C2H6.2H2/c1-11-7-8-20-18(14(11)10-19-4)15(22)9-12(2)16-5-6-17(23-16)13(3)21;1-3-4-7-10-8-5-6-9-11(10)12-2;1-2;;/h5-8,10,12H,9H2,1-4H3;5-6,8-9H,3-4,7H2,1-2H3;1-2H3;2*1H. The minimum Gasteiger partial charge on any atom is -0.496 e. The number of hydrogen-bond acceptors (Lipinski definition) is 6. The molecule has 0 radical (unpaired) electrons. The fraction of sp³-hybridized carbons (Fsp3) is 0.419. The highest BCUT2D eigenvalue weighted by Crippen LogP contribution is 2.29. The zero-order chi connectivity index (χ0) is 27.8. The average Bonchev–Trinajstić information content (AvgIpc) is 3.41. The Balaban J connectivity index is 0. The first-order valence-electron chi connectivity index (χ1n) is 13.0. The van der Waals surface area contributed by atoms with Crippen LogP contribution in [-0.4, -0.2) is 36.9 Å². The van der Waals surface area contributed by atoms with E-state index >= 15 is 0 Å². The Hall–Kier alpha value is -3.12. The van der Waals surface area contributed by atoms with E-state index in [-0.39, 0.29) is 20.3 Å². The van der Waals surface area contributed by atoms with E-state index in [9.17, 15) is 9.59 Å². The highest BCUT2D eigenvalue weighted by Gasteiger charge is 2.19. The number of carbonyl (C=O) groups is 2. The maximum Gasteiger partial charge on any atom is 0.182 e. The van der Waals surface area contributed by atoms with Crippen molar-refractivity contribution in [3.63, 3.8) is 0 Å². The molecule has 0 fully saturated rings. The van der Waals surface area contributed by atoms with Gasteiger partial charge in [0.05, 0.1) is 12.0 Å². The van der Waals surface area contributed by atoms with Gasteiger partial charge in [-0.25, -0.2) is 0 Å². The first-order chi connectivity index (χ1) is 17.8. The number of nitrogens with zero attached hydrogens (tertiary/aromatic N) is 2. The van der Waals surface area contributed by atoms with Crippen LogP contribution in [0.5, 0.6) is 5.75 Å². The highest BCUT2D eigenvalue weighted by molar-refractivity contribution is 7.14. The number of methoxy groups -OCH3 is 1. The molecule has 204 valence electrons. The predicted molar refractivity (Wildman–Crippen MR) is 161 cm³/mol. The van der Waals surface area contributed by atoms with E-state index in [0.717, 1.165) is 33.1 Å². The molecule has 0 saturated carbocycles. The summed E-state index contributed by atoms with van der Waals surface area (Å²) in [7, 11) is 3.41. The SMILES string of the molecule is CC.CCCCc1ccccc1OC.CN=Cc1c(C)ccnc1C(=O)CC(C)c1ccc(C(C)=O)s1.[HH].[HH]. The van der Waals surface area contributed by atoms with Crippen molar-refractivity contribution in [2.75, 3.05) is 14.2 Å². The van der Waals surface area contributed by atoms with Gasteiger partial charge in [-0.1, -0.05) is 52.3 Å². The quantitative estimate of drug-likeness (QED) is 0.196. The van der Waals surface area contributed by atoms with Gasteiger partial charge in [0.2, 0.25) is 0 Å². The number of aromatic nitrogens is 1. The molecule has 3 rings (SSSR count). The third-order valence-electron chi connectivity index (χ3n) is 5.67. The van der Waals surface area contributed by atoms with E-state index in [1.807, 2.05) is 58.0 Å². The van der Waals surface area contributed by atoms with Gasteiger partial charge in [-0.3, -0.25) is 19.6 Å². The Labute approximate surface area is 230 Å². The molecule has 0 bridgehead atoms. The molecule has 1 unspecified atom stereocenters. The molecule has 0 saturated heterocycles. The molecule has 5 nitrogen and oxygen atoms in total. The second-order valence-electron chi connectivity index (χ2n) is 8.48. The van der Waals surface area contributed by atoms with Gasteiger partial charge in [-0.05, 0) is 68.0 Å². The minimum absolute atomic E-state index is 0. The molecule has 2 heterocycles. The summed E-state index contributed by atoms with van der Waals surface area (Å²) in [6.07, 6.45) is 7.29. The molecule has 0 N–H and O–H groups in total. The third kappa shape index (κ3) is 10.0. The number of rotatable bonds is 10. The zero-order valence-electron chi connectivity index (χ0n) is 23.6. The van der Waals surface area contributed by atoms with Crippen LogP contribution < -0.4 is 4.74 Å². The van der Waals surface area contributed by atoms with Gasteiger partial charge in [0.1, 0.15) is 11.4 Å². The Morgan fingerprint density at radius 2 is 1.86 bits per heavy atom. The van der Waals surface area contributed by atoms with E-state index in [2.05, 4.69) is 29.0 Å². The summed E-state index contributed by atoms with van der Waals surface area (Å²) in [6, 6.07) is 13.8. The summed E-state index contributed by atoms with van der Waals surface area (Å²) in [5.74, 6) is 1.12. The molecule has 0 aliphatic heterocycles. The van der Waals surface area contributed by atoms with Crippen molar-refractivity contribution in [1.29, 1.82) is 0 Å². The summed E-state index contributed by atoms with van der Waals surface area (Å²) in [4.78, 5) is 34.1. The van der Waals surface area contributed by atoms with E-state index in [0.29, 0.717) is 12.1 Å². The van der Waals surface area contributed by atoms with E-state index in [1.165, 1.54) is 29.7 Å². The monoisotopic (exact) mass is 526 g/mol. The first-order valence-corrected chi connectivity index (χ1v) is 13.8. The van der Waals surface area contributed by atoms with E-state index in [4.69, 9.17) is 4.74 Å². The van der Waals surface area contributed by atoms with E-state index < -0.39 is 0 Å². The van der Waals surface area contributed by atoms with Crippen LogP contribution in [-0.2, 0) is 6.42 Å². The normalized spacial score (nSPS) is 11.1. The topological polar surface area (TPSA) is 68.6 Å². The molecular weight excluding hydrogens is 480 g/mol. The third-order valence-corrected chi connectivity index (χ3v) is 7.09. The second-order valence-corrected chi connectivity index (χ2v) is 9.59. The van der Waals surface area contributed by atoms with Gasteiger partial charge < -0.3 is 4.74 Å². The smallest absolute Gasteiger partial charge is 0.182 e. The Morgan fingerprint density at radius 3 is 2.46 bits per heavy atom. The lowest BCUT2D eigenvalue weighted by molar-refractivity contribution is 0.0969. The van der Waals surface area contributed by atoms with Crippen LogP contribution >= 0.6 is 11.3 Å². The number of ether oxygens (including phenoxy) is 1. The van der Waals surface area contributed by atoms with Crippen LogP contribution in [0.4, 0.5) is 0 Å². The molecule has 0 aliphatic rings. The van der Waals surface area contributed by atoms with Gasteiger partial charge in [0.25, 0.3) is 0 Å². The van der Waals surface area contributed by atoms with Gasteiger partial charge in [-0.2, -0.15) is 0 Å². The predicted octanol–water partition coefficient (Wildman–Crippen LogP) is 8.64. The zero-order valence-corrected chi connectivity index (χ0v) is 24.4. The molecule has 2 aromatic heterocycles. The number of Topliss-reactive ketones (excluding diaryl/α,β-unsaturated/α-hetero) is 2. The number of carbonyl (C=O) groups excluding carboxylic acids is 2. The Morgan fingerprint density at radius 1 is 1.16 bits per heavy atom. The van der Waals surface area contributed by atoms with Crippen molar-refractivity contribution in [3.05, 3.63) is 80.8 Å². The lowest BCUT2D eigenvalue weighted by Crippen LogP contribution is -2.10. The molecule has 6 heteroatoms. The molecule has 0 aliphatic carbocycles. The van der Waals surface area contributed by atoms with Crippen molar-refractivity contribution >= 4 is 29.1 Å². The van der Waals surface area contributed by atoms with Gasteiger partial charge in [0, 0.05) is 39.2 Å². The van der Waals surface area contributed by atoms with Gasteiger partial charge in [-0.15, -0.1) is 11.3 Å². The fourth-order valence-corrected chi connectivity index (χ4v) is 4.60. The minimum atomic E-state index is -0.00567. The summed E-state index contributed by atoms with van der Waals surface area (Å²) >= 11 is 1.46. The number of aryl methyl sites for hydroxylation is 2. The highest BCUT2D eigenvalue weighted by atomic mass is 32.1. The Kier molecular flexibility index (Phi) is 15.0. The summed E-state index contributed by atoms with van der Waals surface area (Å²) < 4.78 is 5.24. The summed E-state index contributed by atoms with van der Waals surface area (Å²) in [6.45, 7) is 11.7. The van der Waals surface area contributed by atoms with Crippen LogP contribution in [0.2, 0.25) is 0 Å². The van der Waals surface area contributed by atoms with Crippen LogP contribution in [0.3, 0.4) is 0 Å². The average molecular weight is 527 g/mol. The van der Waals surface area contributed by atoms with E-state index in [1.54, 1.807) is 33.5 Å². The molecule has 3 aromatic rings. The number of aliphatic imine (C=N–C) groups is 1. The van der Waals surface area contributed by atoms with Crippen LogP contribution in [0.25, 0.3) is 0 Å². The molecule has 0 spiro atoms. The molecule has 1 aromatic carbocycles. The maximum absolute atomic E-state index is 12.6. The molecule has 1 atom stereocenters. The van der Waals surface area contributed by atoms with Gasteiger partial charge in [0.15, 0.2) is 11.6 Å². The number of para-hydroxylation sites is 1. The largest absolute Gasteiger partial charge is 0.496 e. The number of unbranched alkanes of at least 4 members (excludes halogenated alkanes) is 1. The van der Waals surface area contributed by atoms with Crippen LogP contribution in [0, 0.1) is 6.92 Å². The molecule has 0 amide bonds. The Bertz CT molecular complexity index is 1160. The van der Waals surface area contributed by atoms with Crippen LogP contribution in [0.15, 0.2) is 53.7 Å². The lowest BCUT2D eigenvalue weighted by Gasteiger charge is -2.10. The molecule has 37 heavy (non-hydrogen) atoms. The summed E-state index contributed by atoms with van der Waals surface area (Å²) in [5.41, 5.74) is 3.55. The number of thiophene rings is 1. The first kappa shape index (κ1) is 31.9. The van der Waals surface area contributed by atoms with Crippen molar-refractivity contribution in [2.45, 2.75) is 73.1 Å². The number of pyridine rings is 1. The second kappa shape index (κ2) is 17.4. The van der Waals surface area contributed by atoms with Crippen molar-refractivity contribution in [1.82, 2.24) is 4.98 Å². The van der Waals surface area contributed by atoms with Crippen molar-refractivity contribution < 1.29 is 17.2 Å². The summed E-state index contributed by atoms with van der Waals surface area (Å²) in [5, 5.41) is 0. The van der Waals surface area contributed by atoms with Crippen molar-refractivity contribution in [3.8, 4) is 5.75 Å². The maximum atomic E-state index is 12.6. The van der Waals surface area contributed by atoms with Crippen molar-refractivity contribution in [2.24, 2.45) is 4.99 Å².